The molecule has 3 atom stereocenters. The third kappa shape index (κ3) is 4.55. The molecule has 0 amide bonds. The molecule has 1 aliphatic heterocycles. The van der Waals surface area contributed by atoms with Crippen LogP contribution in [0, 0.1) is 11.8 Å². The molecule has 1 aromatic rings. The van der Waals surface area contributed by atoms with Gasteiger partial charge < -0.3 is 10.5 Å². The minimum absolute atomic E-state index is 0.104. The van der Waals surface area contributed by atoms with Crippen molar-refractivity contribution in [1.29, 1.82) is 0 Å². The maximum Gasteiger partial charge on any atom is 0.310 e. The lowest BCUT2D eigenvalue weighted by Crippen LogP contribution is -2.35. The van der Waals surface area contributed by atoms with Crippen molar-refractivity contribution in [3.8, 4) is 0 Å². The van der Waals surface area contributed by atoms with Crippen LogP contribution in [-0.4, -0.2) is 36.5 Å². The molecule has 1 aliphatic rings. The summed E-state index contributed by atoms with van der Waals surface area (Å²) in [6.07, 6.45) is 1.13. The van der Waals surface area contributed by atoms with Gasteiger partial charge in [-0.15, -0.1) is 0 Å². The number of rotatable bonds is 6. The van der Waals surface area contributed by atoms with E-state index in [4.69, 9.17) is 10.5 Å². The third-order valence-corrected chi connectivity index (χ3v) is 4.26. The molecule has 3 unspecified atom stereocenters. The number of likely N-dealkylation sites (tertiary alicyclic amines) is 1. The molecule has 1 heterocycles. The van der Waals surface area contributed by atoms with Crippen LogP contribution in [0.15, 0.2) is 30.3 Å². The molecule has 0 aliphatic carbocycles. The average molecular weight is 290 g/mol. The van der Waals surface area contributed by atoms with Crippen molar-refractivity contribution >= 4 is 5.97 Å². The Kier molecular flexibility index (Phi) is 5.76. The zero-order valence-corrected chi connectivity index (χ0v) is 13.0. The Hall–Kier alpha value is -1.39. The van der Waals surface area contributed by atoms with E-state index in [0.717, 1.165) is 31.6 Å². The van der Waals surface area contributed by atoms with Gasteiger partial charge >= 0.3 is 5.97 Å². The topological polar surface area (TPSA) is 55.6 Å². The number of esters is 1. The van der Waals surface area contributed by atoms with E-state index in [9.17, 15) is 4.79 Å². The molecule has 0 radical (unpaired) electrons. The van der Waals surface area contributed by atoms with Gasteiger partial charge in [-0.3, -0.25) is 9.69 Å². The first-order valence-corrected chi connectivity index (χ1v) is 7.74. The lowest BCUT2D eigenvalue weighted by Gasteiger charge is -2.24. The van der Waals surface area contributed by atoms with Crippen molar-refractivity contribution in [2.24, 2.45) is 17.6 Å². The number of ether oxygens (including phenoxy) is 1. The Balaban J connectivity index is 1.77. The van der Waals surface area contributed by atoms with E-state index in [1.807, 2.05) is 37.3 Å². The number of benzene rings is 1. The molecule has 1 fully saturated rings. The van der Waals surface area contributed by atoms with Crippen LogP contribution in [0.3, 0.4) is 0 Å². The maximum absolute atomic E-state index is 12.1. The minimum atomic E-state index is -0.123. The quantitative estimate of drug-likeness (QED) is 0.815. The van der Waals surface area contributed by atoms with Crippen molar-refractivity contribution in [2.75, 3.05) is 19.6 Å². The van der Waals surface area contributed by atoms with Crippen LogP contribution in [0.2, 0.25) is 0 Å². The van der Waals surface area contributed by atoms with Crippen molar-refractivity contribution in [1.82, 2.24) is 4.90 Å². The van der Waals surface area contributed by atoms with E-state index >= 15 is 0 Å². The average Bonchev–Trinajstić information content (AvgIpc) is 2.86. The fourth-order valence-electron chi connectivity index (χ4n) is 2.94. The molecule has 0 bridgehead atoms. The molecule has 2 rings (SSSR count). The number of carbonyl (C=O) groups is 1. The fourth-order valence-corrected chi connectivity index (χ4v) is 2.94. The minimum Gasteiger partial charge on any atom is -0.461 e. The Morgan fingerprint density at radius 1 is 1.43 bits per heavy atom. The summed E-state index contributed by atoms with van der Waals surface area (Å²) in [5.41, 5.74) is 6.77. The van der Waals surface area contributed by atoms with Gasteiger partial charge in [-0.2, -0.15) is 0 Å². The first-order valence-electron chi connectivity index (χ1n) is 7.74. The third-order valence-electron chi connectivity index (χ3n) is 4.26. The predicted molar refractivity (Wildman–Crippen MR) is 83.6 cm³/mol. The van der Waals surface area contributed by atoms with E-state index in [1.165, 1.54) is 0 Å². The van der Waals surface area contributed by atoms with Crippen LogP contribution in [0.1, 0.15) is 25.8 Å². The highest BCUT2D eigenvalue weighted by molar-refractivity contribution is 5.72. The summed E-state index contributed by atoms with van der Waals surface area (Å²) in [7, 11) is 0. The van der Waals surface area contributed by atoms with Crippen LogP contribution >= 0.6 is 0 Å². The van der Waals surface area contributed by atoms with Gasteiger partial charge in [0.05, 0.1) is 5.92 Å². The van der Waals surface area contributed by atoms with Gasteiger partial charge in [-0.05, 0) is 31.4 Å². The van der Waals surface area contributed by atoms with E-state index in [0.29, 0.717) is 18.6 Å². The van der Waals surface area contributed by atoms with Gasteiger partial charge in [0.25, 0.3) is 0 Å². The first kappa shape index (κ1) is 16.0. The summed E-state index contributed by atoms with van der Waals surface area (Å²) in [6, 6.07) is 10.3. The van der Waals surface area contributed by atoms with E-state index < -0.39 is 0 Å². The maximum atomic E-state index is 12.1. The largest absolute Gasteiger partial charge is 0.461 e. The molecule has 1 saturated heterocycles. The van der Waals surface area contributed by atoms with E-state index in [2.05, 4.69) is 11.8 Å². The van der Waals surface area contributed by atoms with E-state index in [1.54, 1.807) is 0 Å². The second-order valence-electron chi connectivity index (χ2n) is 6.13. The van der Waals surface area contributed by atoms with E-state index in [-0.39, 0.29) is 11.9 Å². The van der Waals surface area contributed by atoms with Gasteiger partial charge in [0, 0.05) is 19.1 Å². The highest BCUT2D eigenvalue weighted by Crippen LogP contribution is 2.23. The molecular weight excluding hydrogens is 264 g/mol. The van der Waals surface area contributed by atoms with Crippen LogP contribution in [0.4, 0.5) is 0 Å². The van der Waals surface area contributed by atoms with Crippen molar-refractivity contribution in [2.45, 2.75) is 32.9 Å². The van der Waals surface area contributed by atoms with Crippen LogP contribution in [-0.2, 0) is 16.1 Å². The molecule has 2 N–H and O–H groups in total. The van der Waals surface area contributed by atoms with Crippen LogP contribution in [0.25, 0.3) is 0 Å². The summed E-state index contributed by atoms with van der Waals surface area (Å²) < 4.78 is 5.40. The summed E-state index contributed by atoms with van der Waals surface area (Å²) in [4.78, 5) is 14.4. The zero-order valence-electron chi connectivity index (χ0n) is 13.0. The summed E-state index contributed by atoms with van der Waals surface area (Å²) in [5, 5.41) is 0. The van der Waals surface area contributed by atoms with Crippen molar-refractivity contribution < 1.29 is 9.53 Å². The van der Waals surface area contributed by atoms with Gasteiger partial charge in [-0.1, -0.05) is 37.3 Å². The molecule has 0 saturated carbocycles. The second kappa shape index (κ2) is 7.57. The molecule has 1 aromatic carbocycles. The normalized spacial score (nSPS) is 24.0. The molecule has 0 aromatic heterocycles. The van der Waals surface area contributed by atoms with Crippen molar-refractivity contribution in [3.63, 3.8) is 0 Å². The summed E-state index contributed by atoms with van der Waals surface area (Å²) in [5.74, 6) is 0.336. The van der Waals surface area contributed by atoms with Gasteiger partial charge in [0.1, 0.15) is 6.61 Å². The van der Waals surface area contributed by atoms with Crippen LogP contribution in [0.5, 0.6) is 0 Å². The Labute approximate surface area is 127 Å². The molecule has 0 spiro atoms. The number of carbonyl (C=O) groups excluding carboxylic acids is 1. The fraction of sp³-hybridized carbons (Fsp3) is 0.588. The first-order chi connectivity index (χ1) is 10.1. The highest BCUT2D eigenvalue weighted by Gasteiger charge is 2.30. The molecule has 4 heteroatoms. The lowest BCUT2D eigenvalue weighted by atomic mass is 10.1. The molecular formula is C17H26N2O2. The number of hydrogen-bond donors (Lipinski definition) is 1. The van der Waals surface area contributed by atoms with Gasteiger partial charge in [0.2, 0.25) is 0 Å². The molecule has 21 heavy (non-hydrogen) atoms. The number of hydrogen-bond acceptors (Lipinski definition) is 4. The summed E-state index contributed by atoms with van der Waals surface area (Å²) >= 11 is 0. The predicted octanol–water partition coefficient (Wildman–Crippen LogP) is 2.03. The highest BCUT2D eigenvalue weighted by atomic mass is 16.5. The summed E-state index contributed by atoms with van der Waals surface area (Å²) in [6.45, 7) is 6.98. The standard InChI is InChI=1S/C17H26N2O2/c1-13(10-19-11-16(9-18)8-14(19)2)17(20)21-12-15-6-4-3-5-7-15/h3-7,13-14,16H,8-12,18H2,1-2H3. The number of nitrogens with zero attached hydrogens (tertiary/aromatic N) is 1. The van der Waals surface area contributed by atoms with Gasteiger partial charge in [0.15, 0.2) is 0 Å². The lowest BCUT2D eigenvalue weighted by molar-refractivity contribution is -0.150. The van der Waals surface area contributed by atoms with Gasteiger partial charge in [-0.25, -0.2) is 0 Å². The van der Waals surface area contributed by atoms with Crippen molar-refractivity contribution in [3.05, 3.63) is 35.9 Å². The number of nitrogens with two attached hydrogens (primary N) is 1. The monoisotopic (exact) mass is 290 g/mol. The smallest absolute Gasteiger partial charge is 0.310 e. The second-order valence-corrected chi connectivity index (χ2v) is 6.13. The molecule has 116 valence electrons. The molecule has 4 nitrogen and oxygen atoms in total. The Morgan fingerprint density at radius 3 is 2.76 bits per heavy atom. The van der Waals surface area contributed by atoms with Crippen LogP contribution < -0.4 is 5.73 Å². The Morgan fingerprint density at radius 2 is 2.14 bits per heavy atom. The zero-order chi connectivity index (χ0) is 15.2. The Bertz CT molecular complexity index is 449. The SMILES string of the molecule is CC(CN1CC(CN)CC1C)C(=O)OCc1ccccc1.